The van der Waals surface area contributed by atoms with Gasteiger partial charge in [0.05, 0.1) is 0 Å². The number of nitrogens with zero attached hydrogens (tertiary/aromatic N) is 3. The van der Waals surface area contributed by atoms with E-state index < -0.39 is 10.0 Å². The molecule has 1 saturated heterocycles. The number of nitrogens with two attached hydrogens (primary N) is 1. The molecule has 1 fully saturated rings. The lowest BCUT2D eigenvalue weighted by atomic mass is 10.0. The van der Waals surface area contributed by atoms with E-state index in [4.69, 9.17) is 5.73 Å². The minimum Gasteiger partial charge on any atom is -0.381 e. The van der Waals surface area contributed by atoms with Crippen LogP contribution in [0.2, 0.25) is 0 Å². The van der Waals surface area contributed by atoms with Crippen LogP contribution in [0.4, 0.5) is 5.82 Å². The quantitative estimate of drug-likeness (QED) is 0.840. The van der Waals surface area contributed by atoms with Crippen molar-refractivity contribution in [3.8, 4) is 0 Å². The molecule has 0 atom stereocenters. The van der Waals surface area contributed by atoms with Crippen molar-refractivity contribution >= 4 is 15.8 Å². The summed E-state index contributed by atoms with van der Waals surface area (Å²) in [6.07, 6.45) is 3.21. The van der Waals surface area contributed by atoms with Crippen molar-refractivity contribution in [3.05, 3.63) is 6.20 Å². The Morgan fingerprint density at radius 1 is 1.47 bits per heavy atom. The molecule has 2 heterocycles. The smallest absolute Gasteiger partial charge is 0.248 e. The molecular formula is C10H18N4O2S. The average molecular weight is 258 g/mol. The summed E-state index contributed by atoms with van der Waals surface area (Å²) in [5, 5.41) is 3.89. The third kappa shape index (κ3) is 1.93. The highest BCUT2D eigenvalue weighted by Gasteiger charge is 2.42. The second kappa shape index (κ2) is 3.71. The molecule has 0 aliphatic carbocycles. The fraction of sp³-hybridized carbons (Fsp3) is 0.700. The fourth-order valence-electron chi connectivity index (χ4n) is 2.33. The molecule has 2 rings (SSSR count). The molecule has 1 aromatic rings. The van der Waals surface area contributed by atoms with E-state index in [9.17, 15) is 8.42 Å². The Hall–Kier alpha value is -1.08. The van der Waals surface area contributed by atoms with Gasteiger partial charge in [-0.15, -0.1) is 0 Å². The number of nitrogen functional groups attached to an aromatic ring is 1. The van der Waals surface area contributed by atoms with Crippen LogP contribution in [0.5, 0.6) is 0 Å². The first-order chi connectivity index (χ1) is 7.75. The maximum Gasteiger partial charge on any atom is 0.248 e. The summed E-state index contributed by atoms with van der Waals surface area (Å²) in [6, 6.07) is 0. The van der Waals surface area contributed by atoms with Crippen LogP contribution in [0, 0.1) is 0 Å². The van der Waals surface area contributed by atoms with Crippen LogP contribution in [-0.2, 0) is 17.1 Å². The lowest BCUT2D eigenvalue weighted by Gasteiger charge is -2.30. The summed E-state index contributed by atoms with van der Waals surface area (Å²) in [4.78, 5) is 0.106. The molecule has 0 amide bonds. The van der Waals surface area contributed by atoms with Crippen molar-refractivity contribution < 1.29 is 8.42 Å². The molecule has 2 N–H and O–H groups in total. The van der Waals surface area contributed by atoms with Gasteiger partial charge < -0.3 is 5.73 Å². The van der Waals surface area contributed by atoms with Gasteiger partial charge >= 0.3 is 0 Å². The van der Waals surface area contributed by atoms with E-state index in [0.29, 0.717) is 6.54 Å². The first-order valence-corrected chi connectivity index (χ1v) is 7.01. The van der Waals surface area contributed by atoms with Crippen LogP contribution in [0.15, 0.2) is 11.1 Å². The molecule has 0 saturated carbocycles. The first-order valence-electron chi connectivity index (χ1n) is 5.57. The Morgan fingerprint density at radius 2 is 2.12 bits per heavy atom. The molecule has 0 unspecified atom stereocenters. The van der Waals surface area contributed by atoms with Crippen molar-refractivity contribution in [2.45, 2.75) is 37.1 Å². The predicted octanol–water partition coefficient (Wildman–Crippen LogP) is 0.565. The molecule has 7 heteroatoms. The zero-order valence-corrected chi connectivity index (χ0v) is 11.2. The highest BCUT2D eigenvalue weighted by atomic mass is 32.2. The summed E-state index contributed by atoms with van der Waals surface area (Å²) in [5.74, 6) is 0.0650. The summed E-state index contributed by atoms with van der Waals surface area (Å²) in [5.41, 5.74) is 5.30. The van der Waals surface area contributed by atoms with E-state index in [0.717, 1.165) is 12.8 Å². The minimum atomic E-state index is -3.53. The maximum absolute atomic E-state index is 12.5. The highest BCUT2D eigenvalue weighted by molar-refractivity contribution is 7.89. The van der Waals surface area contributed by atoms with Gasteiger partial charge in [0, 0.05) is 25.3 Å². The zero-order chi connectivity index (χ0) is 12.8. The SMILES string of the molecule is Cn1cc(S(=O)(=O)N2CCCC2(C)C)c(N)n1. The molecule has 1 aliphatic rings. The Labute approximate surface area is 101 Å². The summed E-state index contributed by atoms with van der Waals surface area (Å²) in [6.45, 7) is 4.41. The monoisotopic (exact) mass is 258 g/mol. The average Bonchev–Trinajstić information content (AvgIpc) is 2.69. The lowest BCUT2D eigenvalue weighted by molar-refractivity contribution is 0.292. The molecule has 0 spiro atoms. The summed E-state index contributed by atoms with van der Waals surface area (Å²) in [7, 11) is -1.87. The van der Waals surface area contributed by atoms with Gasteiger partial charge in [0.1, 0.15) is 4.90 Å². The van der Waals surface area contributed by atoms with Crippen LogP contribution >= 0.6 is 0 Å². The Morgan fingerprint density at radius 3 is 2.53 bits per heavy atom. The van der Waals surface area contributed by atoms with Gasteiger partial charge in [0.15, 0.2) is 5.82 Å². The summed E-state index contributed by atoms with van der Waals surface area (Å²) < 4.78 is 27.9. The molecule has 96 valence electrons. The second-order valence-corrected chi connectivity index (χ2v) is 6.88. The first kappa shape index (κ1) is 12.4. The lowest BCUT2D eigenvalue weighted by Crippen LogP contribution is -2.42. The van der Waals surface area contributed by atoms with E-state index in [-0.39, 0.29) is 16.3 Å². The number of aromatic nitrogens is 2. The zero-order valence-electron chi connectivity index (χ0n) is 10.3. The van der Waals surface area contributed by atoms with Crippen molar-refractivity contribution in [3.63, 3.8) is 0 Å². The van der Waals surface area contributed by atoms with Gasteiger partial charge in [0.2, 0.25) is 10.0 Å². The molecule has 1 aliphatic heterocycles. The molecule has 0 bridgehead atoms. The largest absolute Gasteiger partial charge is 0.381 e. The van der Waals surface area contributed by atoms with Crippen molar-refractivity contribution in [2.24, 2.45) is 7.05 Å². The standard InChI is InChI=1S/C10H18N4O2S/c1-10(2)5-4-6-14(10)17(15,16)8-7-13(3)12-9(8)11/h7H,4-6H2,1-3H3,(H2,11,12). The number of aryl methyl sites for hydroxylation is 1. The van der Waals surface area contributed by atoms with E-state index in [1.54, 1.807) is 7.05 Å². The molecule has 1 aromatic heterocycles. The van der Waals surface area contributed by atoms with Crippen molar-refractivity contribution in [2.75, 3.05) is 12.3 Å². The Balaban J connectivity index is 2.47. The van der Waals surface area contributed by atoms with Crippen molar-refractivity contribution in [1.29, 1.82) is 0 Å². The van der Waals surface area contributed by atoms with E-state index in [1.807, 2.05) is 13.8 Å². The van der Waals surface area contributed by atoms with Gasteiger partial charge in [-0.25, -0.2) is 8.42 Å². The highest BCUT2D eigenvalue weighted by Crippen LogP contribution is 2.34. The van der Waals surface area contributed by atoms with Gasteiger partial charge in [-0.2, -0.15) is 9.40 Å². The number of sulfonamides is 1. The number of hydrogen-bond donors (Lipinski definition) is 1. The fourth-order valence-corrected chi connectivity index (χ4v) is 4.27. The third-order valence-corrected chi connectivity index (χ3v) is 5.34. The molecule has 0 radical (unpaired) electrons. The van der Waals surface area contributed by atoms with E-state index in [1.165, 1.54) is 15.2 Å². The van der Waals surface area contributed by atoms with Crippen LogP contribution in [0.3, 0.4) is 0 Å². The Kier molecular flexibility index (Phi) is 2.70. The van der Waals surface area contributed by atoms with Crippen LogP contribution in [0.1, 0.15) is 26.7 Å². The second-order valence-electron chi connectivity index (χ2n) is 5.05. The normalized spacial score (nSPS) is 20.9. The van der Waals surface area contributed by atoms with Crippen LogP contribution in [-0.4, -0.2) is 34.6 Å². The van der Waals surface area contributed by atoms with E-state index in [2.05, 4.69) is 5.10 Å². The van der Waals surface area contributed by atoms with Gasteiger partial charge in [0.25, 0.3) is 0 Å². The molecule has 6 nitrogen and oxygen atoms in total. The third-order valence-electron chi connectivity index (χ3n) is 3.21. The minimum absolute atomic E-state index is 0.0650. The van der Waals surface area contributed by atoms with Crippen LogP contribution < -0.4 is 5.73 Å². The maximum atomic E-state index is 12.5. The molecule has 0 aromatic carbocycles. The molecular weight excluding hydrogens is 240 g/mol. The topological polar surface area (TPSA) is 81.2 Å². The molecule has 17 heavy (non-hydrogen) atoms. The summed E-state index contributed by atoms with van der Waals surface area (Å²) >= 11 is 0. The predicted molar refractivity (Wildman–Crippen MR) is 64.8 cm³/mol. The number of anilines is 1. The van der Waals surface area contributed by atoms with E-state index >= 15 is 0 Å². The Bertz CT molecular complexity index is 533. The number of hydrogen-bond acceptors (Lipinski definition) is 4. The number of rotatable bonds is 2. The van der Waals surface area contributed by atoms with Crippen molar-refractivity contribution in [1.82, 2.24) is 14.1 Å². The van der Waals surface area contributed by atoms with Gasteiger partial charge in [-0.1, -0.05) is 0 Å². The van der Waals surface area contributed by atoms with Gasteiger partial charge in [-0.3, -0.25) is 4.68 Å². The van der Waals surface area contributed by atoms with Gasteiger partial charge in [-0.05, 0) is 26.7 Å². The van der Waals surface area contributed by atoms with Crippen LogP contribution in [0.25, 0.3) is 0 Å².